The van der Waals surface area contributed by atoms with E-state index in [9.17, 15) is 4.79 Å². The first-order valence-corrected chi connectivity index (χ1v) is 5.99. The average molecular weight is 242 g/mol. The van der Waals surface area contributed by atoms with Crippen LogP contribution in [-0.2, 0) is 11.8 Å². The van der Waals surface area contributed by atoms with Gasteiger partial charge in [0.15, 0.2) is 5.82 Å². The number of aromatic nitrogens is 3. The van der Waals surface area contributed by atoms with Gasteiger partial charge in [0.05, 0.1) is 0 Å². The van der Waals surface area contributed by atoms with Crippen LogP contribution in [0.25, 0.3) is 11.4 Å². The van der Waals surface area contributed by atoms with Crippen LogP contribution in [0.5, 0.6) is 0 Å². The van der Waals surface area contributed by atoms with Crippen molar-refractivity contribution in [1.82, 2.24) is 14.8 Å². The summed E-state index contributed by atoms with van der Waals surface area (Å²) in [6.07, 6.45) is 3.68. The molecule has 0 saturated heterocycles. The number of carbonyl (C=O) groups excluding carboxylic acids is 1. The zero-order valence-corrected chi connectivity index (χ0v) is 10.1. The zero-order chi connectivity index (χ0) is 12.5. The minimum Gasteiger partial charge on any atom is -0.326 e. The van der Waals surface area contributed by atoms with Gasteiger partial charge in [-0.25, -0.2) is 0 Å². The molecule has 0 spiro atoms. The minimum absolute atomic E-state index is 0.116. The molecule has 0 atom stereocenters. The molecular weight excluding hydrogens is 228 g/mol. The van der Waals surface area contributed by atoms with Gasteiger partial charge in [-0.2, -0.15) is 0 Å². The van der Waals surface area contributed by atoms with Crippen molar-refractivity contribution >= 4 is 11.6 Å². The molecule has 92 valence electrons. The van der Waals surface area contributed by atoms with Crippen LogP contribution >= 0.6 is 0 Å². The molecule has 1 fully saturated rings. The maximum Gasteiger partial charge on any atom is 0.227 e. The minimum atomic E-state index is 0.116. The molecule has 3 rings (SSSR count). The second-order valence-corrected chi connectivity index (χ2v) is 4.61. The SMILES string of the molecule is Cn1cnnc1-c1cccc(NC(=O)C2CC2)c1. The van der Waals surface area contributed by atoms with Crippen LogP contribution in [0.15, 0.2) is 30.6 Å². The Balaban J connectivity index is 1.84. The van der Waals surface area contributed by atoms with Crippen LogP contribution in [0.3, 0.4) is 0 Å². The molecule has 1 saturated carbocycles. The van der Waals surface area contributed by atoms with E-state index in [4.69, 9.17) is 0 Å². The van der Waals surface area contributed by atoms with Crippen molar-refractivity contribution in [2.75, 3.05) is 5.32 Å². The quantitative estimate of drug-likeness (QED) is 0.893. The maximum atomic E-state index is 11.7. The van der Waals surface area contributed by atoms with Gasteiger partial charge in [-0.1, -0.05) is 12.1 Å². The van der Waals surface area contributed by atoms with Gasteiger partial charge in [0.25, 0.3) is 0 Å². The Morgan fingerprint density at radius 2 is 2.28 bits per heavy atom. The highest BCUT2D eigenvalue weighted by molar-refractivity contribution is 5.94. The van der Waals surface area contributed by atoms with Crippen LogP contribution in [-0.4, -0.2) is 20.7 Å². The number of carbonyl (C=O) groups is 1. The van der Waals surface area contributed by atoms with Crippen LogP contribution in [0.1, 0.15) is 12.8 Å². The Labute approximate surface area is 105 Å². The number of nitrogens with one attached hydrogen (secondary N) is 1. The standard InChI is InChI=1S/C13H14N4O/c1-17-8-14-16-12(17)10-3-2-4-11(7-10)15-13(18)9-5-6-9/h2-4,7-9H,5-6H2,1H3,(H,15,18). The van der Waals surface area contributed by atoms with E-state index in [-0.39, 0.29) is 11.8 Å². The molecule has 0 aliphatic heterocycles. The third-order valence-corrected chi connectivity index (χ3v) is 3.05. The Hall–Kier alpha value is -2.17. The first-order chi connectivity index (χ1) is 8.74. The van der Waals surface area contributed by atoms with Crippen molar-refractivity contribution in [3.8, 4) is 11.4 Å². The fourth-order valence-electron chi connectivity index (χ4n) is 1.87. The molecule has 1 aromatic heterocycles. The number of rotatable bonds is 3. The normalized spacial score (nSPS) is 14.5. The summed E-state index contributed by atoms with van der Waals surface area (Å²) in [6.45, 7) is 0. The summed E-state index contributed by atoms with van der Waals surface area (Å²) >= 11 is 0. The smallest absolute Gasteiger partial charge is 0.227 e. The molecule has 1 aromatic carbocycles. The van der Waals surface area contributed by atoms with E-state index in [1.54, 1.807) is 6.33 Å². The number of benzene rings is 1. The molecule has 1 heterocycles. The molecule has 0 radical (unpaired) electrons. The predicted molar refractivity (Wildman–Crippen MR) is 67.8 cm³/mol. The molecule has 5 heteroatoms. The summed E-state index contributed by atoms with van der Waals surface area (Å²) in [7, 11) is 1.89. The van der Waals surface area contributed by atoms with E-state index in [1.807, 2.05) is 35.9 Å². The van der Waals surface area contributed by atoms with Gasteiger partial charge < -0.3 is 9.88 Å². The van der Waals surface area contributed by atoms with E-state index in [1.165, 1.54) is 0 Å². The first kappa shape index (κ1) is 11.0. The third-order valence-electron chi connectivity index (χ3n) is 3.05. The molecule has 1 amide bonds. The lowest BCUT2D eigenvalue weighted by Gasteiger charge is -2.06. The van der Waals surface area contributed by atoms with E-state index >= 15 is 0 Å². The highest BCUT2D eigenvalue weighted by Gasteiger charge is 2.29. The van der Waals surface area contributed by atoms with Gasteiger partial charge in [0.1, 0.15) is 6.33 Å². The maximum absolute atomic E-state index is 11.7. The lowest BCUT2D eigenvalue weighted by molar-refractivity contribution is -0.117. The number of hydrogen-bond donors (Lipinski definition) is 1. The summed E-state index contributed by atoms with van der Waals surface area (Å²) in [5.41, 5.74) is 1.76. The molecule has 0 bridgehead atoms. The van der Waals surface area contributed by atoms with Crippen LogP contribution in [0.4, 0.5) is 5.69 Å². The Morgan fingerprint density at radius 3 is 2.94 bits per heavy atom. The molecule has 1 N–H and O–H groups in total. The second-order valence-electron chi connectivity index (χ2n) is 4.61. The van der Waals surface area contributed by atoms with Crippen molar-refractivity contribution in [3.63, 3.8) is 0 Å². The van der Waals surface area contributed by atoms with Gasteiger partial charge in [0, 0.05) is 24.2 Å². The zero-order valence-electron chi connectivity index (χ0n) is 10.1. The van der Waals surface area contributed by atoms with Gasteiger partial charge in [-0.05, 0) is 25.0 Å². The number of amides is 1. The number of anilines is 1. The van der Waals surface area contributed by atoms with Crippen LogP contribution < -0.4 is 5.32 Å². The molecular formula is C13H14N4O. The van der Waals surface area contributed by atoms with Crippen molar-refractivity contribution in [1.29, 1.82) is 0 Å². The summed E-state index contributed by atoms with van der Waals surface area (Å²) in [5.74, 6) is 1.12. The molecule has 18 heavy (non-hydrogen) atoms. The van der Waals surface area contributed by atoms with E-state index in [2.05, 4.69) is 15.5 Å². The van der Waals surface area contributed by atoms with Crippen LogP contribution in [0, 0.1) is 5.92 Å². The fourth-order valence-corrected chi connectivity index (χ4v) is 1.87. The monoisotopic (exact) mass is 242 g/mol. The highest BCUT2D eigenvalue weighted by atomic mass is 16.2. The fraction of sp³-hybridized carbons (Fsp3) is 0.308. The number of nitrogens with zero attached hydrogens (tertiary/aromatic N) is 3. The van der Waals surface area contributed by atoms with E-state index in [0.29, 0.717) is 0 Å². The second kappa shape index (κ2) is 4.25. The topological polar surface area (TPSA) is 59.8 Å². The largest absolute Gasteiger partial charge is 0.326 e. The number of aryl methyl sites for hydroxylation is 1. The lowest BCUT2D eigenvalue weighted by Crippen LogP contribution is -2.13. The summed E-state index contributed by atoms with van der Waals surface area (Å²) < 4.78 is 1.85. The molecule has 2 aromatic rings. The van der Waals surface area contributed by atoms with Crippen molar-refractivity contribution in [2.45, 2.75) is 12.8 Å². The molecule has 5 nitrogen and oxygen atoms in total. The molecule has 1 aliphatic carbocycles. The van der Waals surface area contributed by atoms with Crippen molar-refractivity contribution in [3.05, 3.63) is 30.6 Å². The third kappa shape index (κ3) is 2.11. The highest BCUT2D eigenvalue weighted by Crippen LogP contribution is 2.30. The summed E-state index contributed by atoms with van der Waals surface area (Å²) in [5, 5.41) is 10.8. The van der Waals surface area contributed by atoms with Gasteiger partial charge in [0.2, 0.25) is 5.91 Å². The molecule has 1 aliphatic rings. The van der Waals surface area contributed by atoms with Crippen molar-refractivity contribution in [2.24, 2.45) is 13.0 Å². The van der Waals surface area contributed by atoms with Crippen molar-refractivity contribution < 1.29 is 4.79 Å². The Kier molecular flexibility index (Phi) is 2.59. The molecule has 0 unspecified atom stereocenters. The van der Waals surface area contributed by atoms with Gasteiger partial charge in [-0.15, -0.1) is 10.2 Å². The van der Waals surface area contributed by atoms with Gasteiger partial charge >= 0.3 is 0 Å². The Morgan fingerprint density at radius 1 is 1.44 bits per heavy atom. The van der Waals surface area contributed by atoms with E-state index < -0.39 is 0 Å². The summed E-state index contributed by atoms with van der Waals surface area (Å²) in [6, 6.07) is 7.67. The van der Waals surface area contributed by atoms with Gasteiger partial charge in [-0.3, -0.25) is 4.79 Å². The van der Waals surface area contributed by atoms with E-state index in [0.717, 1.165) is 29.9 Å². The summed E-state index contributed by atoms with van der Waals surface area (Å²) in [4.78, 5) is 11.7. The lowest BCUT2D eigenvalue weighted by atomic mass is 10.2. The first-order valence-electron chi connectivity index (χ1n) is 5.99. The average Bonchev–Trinajstić information content (AvgIpc) is 3.13. The Bertz CT molecular complexity index is 586. The number of hydrogen-bond acceptors (Lipinski definition) is 3. The predicted octanol–water partition coefficient (Wildman–Crippen LogP) is 1.83. The van der Waals surface area contributed by atoms with Crippen LogP contribution in [0.2, 0.25) is 0 Å².